The van der Waals surface area contributed by atoms with Crippen LogP contribution in [0.1, 0.15) is 26.2 Å². The molecule has 1 heterocycles. The molecule has 0 aromatic heterocycles. The summed E-state index contributed by atoms with van der Waals surface area (Å²) >= 11 is 0. The van der Waals surface area contributed by atoms with Crippen LogP contribution in [0.2, 0.25) is 0 Å². The first-order chi connectivity index (χ1) is 6.46. The van der Waals surface area contributed by atoms with Crippen LogP contribution in [-0.2, 0) is 9.53 Å². The maximum absolute atomic E-state index is 13.5. The number of hydrogen-bond acceptors (Lipinski definition) is 2. The first-order valence-electron chi connectivity index (χ1n) is 4.65. The summed E-state index contributed by atoms with van der Waals surface area (Å²) in [6.07, 6.45) is 0.323. The van der Waals surface area contributed by atoms with Gasteiger partial charge in [0, 0.05) is 6.61 Å². The lowest BCUT2D eigenvalue weighted by molar-refractivity contribution is -0.220. The van der Waals surface area contributed by atoms with Gasteiger partial charge < -0.3 is 9.84 Å². The van der Waals surface area contributed by atoms with Crippen molar-refractivity contribution in [1.29, 1.82) is 0 Å². The van der Waals surface area contributed by atoms with E-state index in [-0.39, 0.29) is 19.4 Å². The molecule has 5 heteroatoms. The quantitative estimate of drug-likeness (QED) is 0.770. The molecule has 1 rings (SSSR count). The number of aliphatic carboxylic acids is 1. The van der Waals surface area contributed by atoms with E-state index in [0.29, 0.717) is 6.42 Å². The standard InChI is InChI=1S/C9H14F2O3/c1-2-3-8(7(12)13)4-5-14-6-9(8,10)11/h2-6H2,1H3,(H,12,13). The van der Waals surface area contributed by atoms with Crippen LogP contribution in [0.4, 0.5) is 8.78 Å². The topological polar surface area (TPSA) is 46.5 Å². The normalized spacial score (nSPS) is 31.4. The minimum Gasteiger partial charge on any atom is -0.481 e. The van der Waals surface area contributed by atoms with E-state index < -0.39 is 23.9 Å². The average molecular weight is 208 g/mol. The molecule has 0 spiro atoms. The lowest BCUT2D eigenvalue weighted by Crippen LogP contribution is -2.54. The van der Waals surface area contributed by atoms with Gasteiger partial charge >= 0.3 is 5.97 Å². The van der Waals surface area contributed by atoms with Crippen LogP contribution in [-0.4, -0.2) is 30.2 Å². The van der Waals surface area contributed by atoms with E-state index in [1.165, 1.54) is 0 Å². The van der Waals surface area contributed by atoms with Crippen molar-refractivity contribution >= 4 is 5.97 Å². The minimum absolute atomic E-state index is 0.00130. The molecule has 0 aliphatic carbocycles. The van der Waals surface area contributed by atoms with E-state index in [9.17, 15) is 13.6 Å². The van der Waals surface area contributed by atoms with Crippen LogP contribution in [0.15, 0.2) is 0 Å². The first-order valence-corrected chi connectivity index (χ1v) is 4.65. The summed E-state index contributed by atoms with van der Waals surface area (Å²) in [5, 5.41) is 8.92. The fraction of sp³-hybridized carbons (Fsp3) is 0.889. The highest BCUT2D eigenvalue weighted by molar-refractivity contribution is 5.76. The number of halogens is 2. The molecule has 3 nitrogen and oxygen atoms in total. The Hall–Kier alpha value is -0.710. The molecule has 1 atom stereocenters. The van der Waals surface area contributed by atoms with Crippen molar-refractivity contribution in [2.75, 3.05) is 13.2 Å². The highest BCUT2D eigenvalue weighted by Gasteiger charge is 2.60. The molecule has 0 radical (unpaired) electrons. The molecule has 0 bridgehead atoms. The number of carboxylic acids is 1. The SMILES string of the molecule is CCCC1(C(=O)O)CCOCC1(F)F. The number of carbonyl (C=O) groups is 1. The second-order valence-electron chi connectivity index (χ2n) is 3.64. The zero-order chi connectivity index (χ0) is 10.8. The monoisotopic (exact) mass is 208 g/mol. The third-order valence-electron chi connectivity index (χ3n) is 2.74. The van der Waals surface area contributed by atoms with E-state index >= 15 is 0 Å². The van der Waals surface area contributed by atoms with Gasteiger partial charge in [0.05, 0.1) is 0 Å². The number of carboxylic acid groups (broad SMARTS) is 1. The van der Waals surface area contributed by atoms with Crippen LogP contribution in [0.5, 0.6) is 0 Å². The summed E-state index contributed by atoms with van der Waals surface area (Å²) < 4.78 is 31.5. The molecule has 0 saturated carbocycles. The predicted octanol–water partition coefficient (Wildman–Crippen LogP) is 1.91. The predicted molar refractivity (Wildman–Crippen MR) is 45.4 cm³/mol. The van der Waals surface area contributed by atoms with Gasteiger partial charge in [-0.2, -0.15) is 0 Å². The Morgan fingerprint density at radius 3 is 2.64 bits per heavy atom. The highest BCUT2D eigenvalue weighted by atomic mass is 19.3. The van der Waals surface area contributed by atoms with E-state index in [1.807, 2.05) is 0 Å². The van der Waals surface area contributed by atoms with Gasteiger partial charge in [-0.05, 0) is 12.8 Å². The van der Waals surface area contributed by atoms with Crippen molar-refractivity contribution in [3.8, 4) is 0 Å². The molecule has 14 heavy (non-hydrogen) atoms. The third-order valence-corrected chi connectivity index (χ3v) is 2.74. The zero-order valence-corrected chi connectivity index (χ0v) is 8.06. The summed E-state index contributed by atoms with van der Waals surface area (Å²) in [6, 6.07) is 0. The van der Waals surface area contributed by atoms with Gasteiger partial charge in [-0.25, -0.2) is 8.78 Å². The number of ether oxygens (including phenoxy) is 1. The summed E-state index contributed by atoms with van der Waals surface area (Å²) in [5.74, 6) is -4.67. The van der Waals surface area contributed by atoms with E-state index in [2.05, 4.69) is 4.74 Å². The van der Waals surface area contributed by atoms with E-state index in [4.69, 9.17) is 5.11 Å². The Bertz CT molecular complexity index is 226. The van der Waals surface area contributed by atoms with Gasteiger partial charge in [-0.1, -0.05) is 13.3 Å². The smallest absolute Gasteiger partial charge is 0.315 e. The largest absolute Gasteiger partial charge is 0.481 e. The molecular formula is C9H14F2O3. The summed E-state index contributed by atoms with van der Waals surface area (Å²) in [5.41, 5.74) is -1.92. The molecule has 0 aromatic rings. The first kappa shape index (κ1) is 11.4. The van der Waals surface area contributed by atoms with Gasteiger partial charge in [0.15, 0.2) is 0 Å². The number of hydrogen-bond donors (Lipinski definition) is 1. The van der Waals surface area contributed by atoms with Gasteiger partial charge in [0.1, 0.15) is 12.0 Å². The van der Waals surface area contributed by atoms with E-state index in [1.54, 1.807) is 6.92 Å². The molecule has 0 aromatic carbocycles. The average Bonchev–Trinajstić information content (AvgIpc) is 2.08. The van der Waals surface area contributed by atoms with E-state index in [0.717, 1.165) is 0 Å². The molecule has 1 fully saturated rings. The Kier molecular flexibility index (Phi) is 3.09. The second-order valence-corrected chi connectivity index (χ2v) is 3.64. The van der Waals surface area contributed by atoms with Crippen LogP contribution in [0.3, 0.4) is 0 Å². The summed E-state index contributed by atoms with van der Waals surface area (Å²) in [6.45, 7) is 1.03. The molecule has 1 aliphatic heterocycles. The molecule has 0 amide bonds. The zero-order valence-electron chi connectivity index (χ0n) is 8.06. The van der Waals surface area contributed by atoms with Crippen LogP contribution in [0.25, 0.3) is 0 Å². The maximum atomic E-state index is 13.5. The Labute approximate surface area is 81.1 Å². The number of alkyl halides is 2. The maximum Gasteiger partial charge on any atom is 0.315 e. The second kappa shape index (κ2) is 3.81. The van der Waals surface area contributed by atoms with Crippen molar-refractivity contribution in [3.05, 3.63) is 0 Å². The highest BCUT2D eigenvalue weighted by Crippen LogP contribution is 2.46. The van der Waals surface area contributed by atoms with Crippen molar-refractivity contribution in [2.24, 2.45) is 5.41 Å². The molecule has 82 valence electrons. The van der Waals surface area contributed by atoms with Crippen LogP contribution < -0.4 is 0 Å². The van der Waals surface area contributed by atoms with Gasteiger partial charge in [-0.3, -0.25) is 4.79 Å². The number of rotatable bonds is 3. The van der Waals surface area contributed by atoms with Gasteiger partial charge in [0.25, 0.3) is 5.92 Å². The lowest BCUT2D eigenvalue weighted by atomic mass is 9.73. The van der Waals surface area contributed by atoms with Crippen molar-refractivity contribution < 1.29 is 23.4 Å². The lowest BCUT2D eigenvalue weighted by Gasteiger charge is -2.39. The fourth-order valence-electron chi connectivity index (χ4n) is 1.87. The Morgan fingerprint density at radius 1 is 1.57 bits per heavy atom. The summed E-state index contributed by atoms with van der Waals surface area (Å²) in [7, 11) is 0. The van der Waals surface area contributed by atoms with Gasteiger partial charge in [0.2, 0.25) is 0 Å². The molecular weight excluding hydrogens is 194 g/mol. The fourth-order valence-corrected chi connectivity index (χ4v) is 1.87. The van der Waals surface area contributed by atoms with Crippen molar-refractivity contribution in [3.63, 3.8) is 0 Å². The van der Waals surface area contributed by atoms with Gasteiger partial charge in [-0.15, -0.1) is 0 Å². The molecule has 1 aliphatic rings. The third kappa shape index (κ3) is 1.61. The van der Waals surface area contributed by atoms with Crippen LogP contribution in [0, 0.1) is 5.41 Å². The van der Waals surface area contributed by atoms with Crippen molar-refractivity contribution in [1.82, 2.24) is 0 Å². The Balaban J connectivity index is 2.98. The van der Waals surface area contributed by atoms with Crippen molar-refractivity contribution in [2.45, 2.75) is 32.1 Å². The molecule has 1 unspecified atom stereocenters. The van der Waals surface area contributed by atoms with Crippen LogP contribution >= 0.6 is 0 Å². The molecule has 1 N–H and O–H groups in total. The Morgan fingerprint density at radius 2 is 2.21 bits per heavy atom. The summed E-state index contributed by atoms with van der Waals surface area (Å²) in [4.78, 5) is 10.9. The molecule has 1 saturated heterocycles. The minimum atomic E-state index is -3.26.